The summed E-state index contributed by atoms with van der Waals surface area (Å²) in [6.07, 6.45) is -4.90. The molecule has 0 bridgehead atoms. The number of halogens is 6. The molecule has 0 fully saturated rings. The van der Waals surface area contributed by atoms with Crippen LogP contribution in [0.3, 0.4) is 0 Å². The molecule has 2 aromatic carbocycles. The lowest BCUT2D eigenvalue weighted by atomic mass is 10.0. The maximum atomic E-state index is 13.2. The van der Waals surface area contributed by atoms with Gasteiger partial charge in [0.05, 0.1) is 21.2 Å². The van der Waals surface area contributed by atoms with Crippen LogP contribution in [0.5, 0.6) is 0 Å². The van der Waals surface area contributed by atoms with Gasteiger partial charge in [-0.15, -0.1) is 0 Å². The maximum absolute atomic E-state index is 13.2. The second-order valence-electron chi connectivity index (χ2n) is 4.12. The fourth-order valence-corrected chi connectivity index (χ4v) is 2.31. The molecular weight excluding hydrogens is 331 g/mol. The Morgan fingerprint density at radius 3 is 2.10 bits per heavy atom. The maximum Gasteiger partial charge on any atom is 0.419 e. The first-order valence-corrected chi connectivity index (χ1v) is 6.33. The fraction of sp³-hybridized carbons (Fsp3) is 0.0714. The van der Waals surface area contributed by atoms with Crippen LogP contribution in [0.25, 0.3) is 0 Å². The van der Waals surface area contributed by atoms with E-state index in [-0.39, 0.29) is 21.2 Å². The lowest BCUT2D eigenvalue weighted by molar-refractivity contribution is -0.140. The van der Waals surface area contributed by atoms with E-state index in [1.165, 1.54) is 18.2 Å². The molecule has 0 unspecified atom stereocenters. The molecule has 0 aromatic heterocycles. The van der Waals surface area contributed by atoms with Gasteiger partial charge in [-0.1, -0.05) is 29.3 Å². The molecule has 0 heterocycles. The van der Waals surface area contributed by atoms with E-state index in [1.807, 2.05) is 0 Å². The summed E-state index contributed by atoms with van der Waals surface area (Å²) in [6, 6.07) is 6.24. The second kappa shape index (κ2) is 5.66. The van der Waals surface area contributed by atoms with E-state index in [0.717, 1.165) is 6.07 Å². The Kier molecular flexibility index (Phi) is 4.25. The third-order valence-corrected chi connectivity index (χ3v) is 3.35. The first-order chi connectivity index (χ1) is 9.71. The van der Waals surface area contributed by atoms with Gasteiger partial charge in [0.15, 0.2) is 5.78 Å². The summed E-state index contributed by atoms with van der Waals surface area (Å²) in [5.41, 5.74) is -1.99. The van der Waals surface area contributed by atoms with Crippen molar-refractivity contribution in [2.45, 2.75) is 6.18 Å². The summed E-state index contributed by atoms with van der Waals surface area (Å²) in [5.74, 6) is -2.26. The Labute approximate surface area is 127 Å². The van der Waals surface area contributed by atoms with E-state index in [0.29, 0.717) is 12.1 Å². The zero-order chi connectivity index (χ0) is 15.8. The molecular formula is C14H6Cl2F4O. The Balaban J connectivity index is 2.55. The zero-order valence-electron chi connectivity index (χ0n) is 10.1. The van der Waals surface area contributed by atoms with Gasteiger partial charge >= 0.3 is 6.18 Å². The van der Waals surface area contributed by atoms with E-state index in [4.69, 9.17) is 23.2 Å². The number of hydrogen-bond donors (Lipinski definition) is 0. The van der Waals surface area contributed by atoms with Crippen LogP contribution in [0, 0.1) is 5.82 Å². The standard InChI is InChI=1S/C14H6Cl2F4O/c15-9-2-1-3-10(16)12(9)13(21)7-4-5-11(17)8(6-7)14(18,19)20/h1-6H. The zero-order valence-corrected chi connectivity index (χ0v) is 11.7. The van der Waals surface area contributed by atoms with Crippen molar-refractivity contribution < 1.29 is 22.4 Å². The average Bonchev–Trinajstić information content (AvgIpc) is 2.37. The molecule has 1 nitrogen and oxygen atoms in total. The van der Waals surface area contributed by atoms with Crippen molar-refractivity contribution in [2.75, 3.05) is 0 Å². The average molecular weight is 337 g/mol. The first kappa shape index (κ1) is 15.8. The summed E-state index contributed by atoms with van der Waals surface area (Å²) in [6.45, 7) is 0. The van der Waals surface area contributed by atoms with Crippen molar-refractivity contribution in [2.24, 2.45) is 0 Å². The third kappa shape index (κ3) is 3.19. The largest absolute Gasteiger partial charge is 0.419 e. The van der Waals surface area contributed by atoms with Gasteiger partial charge in [0.25, 0.3) is 0 Å². The summed E-state index contributed by atoms with van der Waals surface area (Å²) >= 11 is 11.7. The van der Waals surface area contributed by atoms with Crippen molar-refractivity contribution in [3.05, 3.63) is 69.0 Å². The van der Waals surface area contributed by atoms with E-state index in [2.05, 4.69) is 0 Å². The molecule has 0 radical (unpaired) electrons. The van der Waals surface area contributed by atoms with Crippen LogP contribution in [0.4, 0.5) is 17.6 Å². The topological polar surface area (TPSA) is 17.1 Å². The lowest BCUT2D eigenvalue weighted by Crippen LogP contribution is -2.11. The Hall–Kier alpha value is -1.59. The van der Waals surface area contributed by atoms with Crippen molar-refractivity contribution >= 4 is 29.0 Å². The van der Waals surface area contributed by atoms with Gasteiger partial charge in [0.1, 0.15) is 5.82 Å². The predicted octanol–water partition coefficient (Wildman–Crippen LogP) is 5.38. The van der Waals surface area contributed by atoms with Crippen LogP contribution >= 0.6 is 23.2 Å². The highest BCUT2D eigenvalue weighted by Crippen LogP contribution is 2.33. The molecule has 2 rings (SSSR count). The van der Waals surface area contributed by atoms with Crippen LogP contribution in [0.1, 0.15) is 21.5 Å². The van der Waals surface area contributed by atoms with Crippen molar-refractivity contribution in [3.63, 3.8) is 0 Å². The van der Waals surface area contributed by atoms with Gasteiger partial charge in [0.2, 0.25) is 0 Å². The molecule has 0 saturated heterocycles. The fourth-order valence-electron chi connectivity index (χ4n) is 1.74. The van der Waals surface area contributed by atoms with Gasteiger partial charge in [-0.3, -0.25) is 4.79 Å². The second-order valence-corrected chi connectivity index (χ2v) is 4.93. The van der Waals surface area contributed by atoms with Crippen molar-refractivity contribution in [1.82, 2.24) is 0 Å². The van der Waals surface area contributed by atoms with E-state index in [9.17, 15) is 22.4 Å². The minimum absolute atomic E-state index is 0.00498. The van der Waals surface area contributed by atoms with Crippen molar-refractivity contribution in [3.8, 4) is 0 Å². The molecule has 0 atom stereocenters. The molecule has 0 aliphatic carbocycles. The number of rotatable bonds is 2. The number of carbonyl (C=O) groups excluding carboxylic acids is 1. The number of ketones is 1. The first-order valence-electron chi connectivity index (χ1n) is 5.57. The van der Waals surface area contributed by atoms with E-state index in [1.54, 1.807) is 0 Å². The minimum atomic E-state index is -4.90. The predicted molar refractivity (Wildman–Crippen MR) is 71.3 cm³/mol. The van der Waals surface area contributed by atoms with Gasteiger partial charge in [0, 0.05) is 5.56 Å². The van der Waals surface area contributed by atoms with Gasteiger partial charge in [-0.05, 0) is 30.3 Å². The minimum Gasteiger partial charge on any atom is -0.288 e. The molecule has 0 saturated carbocycles. The number of alkyl halides is 3. The molecule has 110 valence electrons. The molecule has 0 N–H and O–H groups in total. The monoisotopic (exact) mass is 336 g/mol. The smallest absolute Gasteiger partial charge is 0.288 e. The Morgan fingerprint density at radius 1 is 1.00 bits per heavy atom. The molecule has 0 aliphatic heterocycles. The number of benzene rings is 2. The van der Waals surface area contributed by atoms with Crippen LogP contribution in [-0.4, -0.2) is 5.78 Å². The highest BCUT2D eigenvalue weighted by molar-refractivity contribution is 6.41. The van der Waals surface area contributed by atoms with Crippen LogP contribution in [-0.2, 0) is 6.18 Å². The highest BCUT2D eigenvalue weighted by Gasteiger charge is 2.35. The van der Waals surface area contributed by atoms with E-state index < -0.39 is 23.3 Å². The molecule has 0 aliphatic rings. The Bertz CT molecular complexity index is 690. The lowest BCUT2D eigenvalue weighted by Gasteiger charge is -2.11. The van der Waals surface area contributed by atoms with Crippen LogP contribution in [0.2, 0.25) is 10.0 Å². The molecule has 7 heteroatoms. The third-order valence-electron chi connectivity index (χ3n) is 2.72. The van der Waals surface area contributed by atoms with E-state index >= 15 is 0 Å². The quantitative estimate of drug-likeness (QED) is 0.531. The van der Waals surface area contributed by atoms with Gasteiger partial charge in [-0.2, -0.15) is 13.2 Å². The van der Waals surface area contributed by atoms with Crippen molar-refractivity contribution in [1.29, 1.82) is 0 Å². The van der Waals surface area contributed by atoms with Crippen LogP contribution in [0.15, 0.2) is 36.4 Å². The SMILES string of the molecule is O=C(c1ccc(F)c(C(F)(F)F)c1)c1c(Cl)cccc1Cl. The molecule has 0 spiro atoms. The molecule has 0 amide bonds. The van der Waals surface area contributed by atoms with Crippen LogP contribution < -0.4 is 0 Å². The summed E-state index contributed by atoms with van der Waals surface area (Å²) in [4.78, 5) is 12.2. The van der Waals surface area contributed by atoms with Gasteiger partial charge in [-0.25, -0.2) is 4.39 Å². The summed E-state index contributed by atoms with van der Waals surface area (Å²) in [7, 11) is 0. The number of hydrogen-bond acceptors (Lipinski definition) is 1. The summed E-state index contributed by atoms with van der Waals surface area (Å²) in [5, 5.41) is 0.00997. The number of carbonyl (C=O) groups is 1. The molecule has 2 aromatic rings. The highest BCUT2D eigenvalue weighted by atomic mass is 35.5. The normalized spacial score (nSPS) is 11.5. The Morgan fingerprint density at radius 2 is 1.57 bits per heavy atom. The van der Waals surface area contributed by atoms with Gasteiger partial charge < -0.3 is 0 Å². The summed E-state index contributed by atoms with van der Waals surface area (Å²) < 4.78 is 51.2. The molecule has 21 heavy (non-hydrogen) atoms.